The Morgan fingerprint density at radius 3 is 2.52 bits per heavy atom. The zero-order valence-corrected chi connectivity index (χ0v) is 13.0. The summed E-state index contributed by atoms with van der Waals surface area (Å²) >= 11 is 0. The lowest BCUT2D eigenvalue weighted by Crippen LogP contribution is -2.14. The quantitative estimate of drug-likeness (QED) is 0.803. The molecule has 3 nitrogen and oxygen atoms in total. The van der Waals surface area contributed by atoms with E-state index in [0.717, 1.165) is 11.5 Å². The molecule has 1 atom stereocenters. The molecule has 0 amide bonds. The fourth-order valence-electron chi connectivity index (χ4n) is 3.12. The number of nitrogens with two attached hydrogens (primary N) is 1. The molecule has 1 aliphatic rings. The van der Waals surface area contributed by atoms with Gasteiger partial charge in [-0.15, -0.1) is 0 Å². The van der Waals surface area contributed by atoms with E-state index in [9.17, 15) is 4.79 Å². The summed E-state index contributed by atoms with van der Waals surface area (Å²) in [6.45, 7) is 2.26. The molecule has 0 saturated heterocycles. The third-order valence-corrected chi connectivity index (χ3v) is 4.41. The highest BCUT2D eigenvalue weighted by Crippen LogP contribution is 2.33. The van der Waals surface area contributed by atoms with Crippen molar-refractivity contribution in [3.8, 4) is 0 Å². The van der Waals surface area contributed by atoms with Gasteiger partial charge < -0.3 is 10.5 Å². The summed E-state index contributed by atoms with van der Waals surface area (Å²) in [4.78, 5) is 11.4. The highest BCUT2D eigenvalue weighted by molar-refractivity contribution is 5.69. The first-order chi connectivity index (χ1) is 10.2. The van der Waals surface area contributed by atoms with Crippen LogP contribution in [-0.2, 0) is 9.53 Å². The minimum absolute atomic E-state index is 0.0881. The predicted octanol–water partition coefficient (Wildman–Crippen LogP) is 4.08. The van der Waals surface area contributed by atoms with Gasteiger partial charge in [0.25, 0.3) is 0 Å². The van der Waals surface area contributed by atoms with Crippen LogP contribution in [0.5, 0.6) is 0 Å². The van der Waals surface area contributed by atoms with E-state index in [2.05, 4.69) is 24.3 Å². The van der Waals surface area contributed by atoms with Crippen molar-refractivity contribution >= 4 is 5.97 Å². The van der Waals surface area contributed by atoms with E-state index in [0.29, 0.717) is 19.4 Å². The molecule has 116 valence electrons. The molecule has 1 saturated carbocycles. The molecular weight excluding hydrogens is 262 g/mol. The first-order valence-electron chi connectivity index (χ1n) is 8.21. The van der Waals surface area contributed by atoms with Crippen LogP contribution in [0.25, 0.3) is 0 Å². The lowest BCUT2D eigenvalue weighted by Gasteiger charge is -2.22. The van der Waals surface area contributed by atoms with Crippen molar-refractivity contribution in [2.45, 2.75) is 63.8 Å². The highest BCUT2D eigenvalue weighted by atomic mass is 16.5. The fourth-order valence-corrected chi connectivity index (χ4v) is 3.12. The van der Waals surface area contributed by atoms with Crippen LogP contribution in [0.3, 0.4) is 0 Å². The van der Waals surface area contributed by atoms with Crippen molar-refractivity contribution in [3.05, 3.63) is 35.4 Å². The van der Waals surface area contributed by atoms with E-state index in [1.807, 2.05) is 6.92 Å². The SMILES string of the molecule is CCOC(=O)CCC(N)c1ccc(C2CCCCC2)cc1. The van der Waals surface area contributed by atoms with E-state index in [4.69, 9.17) is 10.5 Å². The first-order valence-corrected chi connectivity index (χ1v) is 8.21. The molecule has 0 radical (unpaired) electrons. The molecule has 0 bridgehead atoms. The number of carbonyl (C=O) groups is 1. The van der Waals surface area contributed by atoms with Crippen LogP contribution < -0.4 is 5.73 Å². The van der Waals surface area contributed by atoms with Gasteiger partial charge in [0.15, 0.2) is 0 Å². The third kappa shape index (κ3) is 4.85. The van der Waals surface area contributed by atoms with Gasteiger partial charge in [-0.05, 0) is 43.2 Å². The minimum atomic E-state index is -0.160. The number of hydrogen-bond donors (Lipinski definition) is 1. The second kappa shape index (κ2) is 8.18. The lowest BCUT2D eigenvalue weighted by atomic mass is 9.83. The number of hydrogen-bond acceptors (Lipinski definition) is 3. The Morgan fingerprint density at radius 2 is 1.90 bits per heavy atom. The second-order valence-electron chi connectivity index (χ2n) is 5.95. The topological polar surface area (TPSA) is 52.3 Å². The molecule has 1 aromatic carbocycles. The van der Waals surface area contributed by atoms with Crippen LogP contribution in [0.15, 0.2) is 24.3 Å². The maximum Gasteiger partial charge on any atom is 0.305 e. The van der Waals surface area contributed by atoms with Crippen LogP contribution in [0.4, 0.5) is 0 Å². The van der Waals surface area contributed by atoms with Crippen molar-refractivity contribution < 1.29 is 9.53 Å². The highest BCUT2D eigenvalue weighted by Gasteiger charge is 2.16. The van der Waals surface area contributed by atoms with Crippen LogP contribution in [0.2, 0.25) is 0 Å². The molecule has 1 unspecified atom stereocenters. The van der Waals surface area contributed by atoms with Gasteiger partial charge in [0, 0.05) is 12.5 Å². The molecule has 0 spiro atoms. The molecule has 1 aliphatic carbocycles. The summed E-state index contributed by atoms with van der Waals surface area (Å²) in [6, 6.07) is 8.60. The van der Waals surface area contributed by atoms with Crippen molar-refractivity contribution in [2.75, 3.05) is 6.61 Å². The van der Waals surface area contributed by atoms with Gasteiger partial charge >= 0.3 is 5.97 Å². The van der Waals surface area contributed by atoms with Gasteiger partial charge in [0.2, 0.25) is 0 Å². The van der Waals surface area contributed by atoms with Crippen molar-refractivity contribution in [1.29, 1.82) is 0 Å². The van der Waals surface area contributed by atoms with Crippen LogP contribution in [0.1, 0.15) is 75.0 Å². The van der Waals surface area contributed by atoms with Crippen molar-refractivity contribution in [3.63, 3.8) is 0 Å². The monoisotopic (exact) mass is 289 g/mol. The Morgan fingerprint density at radius 1 is 1.24 bits per heavy atom. The number of rotatable bonds is 6. The third-order valence-electron chi connectivity index (χ3n) is 4.41. The Bertz CT molecular complexity index is 435. The fraction of sp³-hybridized carbons (Fsp3) is 0.611. The van der Waals surface area contributed by atoms with Gasteiger partial charge in [-0.2, -0.15) is 0 Å². The molecule has 2 N–H and O–H groups in total. The van der Waals surface area contributed by atoms with Crippen LogP contribution >= 0.6 is 0 Å². The zero-order chi connectivity index (χ0) is 15.1. The molecule has 3 heteroatoms. The van der Waals surface area contributed by atoms with E-state index in [1.165, 1.54) is 37.7 Å². The molecule has 21 heavy (non-hydrogen) atoms. The van der Waals surface area contributed by atoms with Gasteiger partial charge in [0.1, 0.15) is 0 Å². The number of ether oxygens (including phenoxy) is 1. The summed E-state index contributed by atoms with van der Waals surface area (Å²) in [6.07, 6.45) is 7.74. The molecular formula is C18H27NO2. The number of benzene rings is 1. The molecule has 1 fully saturated rings. The molecule has 0 aromatic heterocycles. The summed E-state index contributed by atoms with van der Waals surface area (Å²) in [7, 11) is 0. The standard InChI is InChI=1S/C18H27NO2/c1-2-21-18(20)13-12-17(19)16-10-8-15(9-11-16)14-6-4-3-5-7-14/h8-11,14,17H,2-7,12-13,19H2,1H3. The Hall–Kier alpha value is -1.35. The summed E-state index contributed by atoms with van der Waals surface area (Å²) in [5.74, 6) is 0.565. The van der Waals surface area contributed by atoms with Gasteiger partial charge in [0.05, 0.1) is 6.61 Å². The summed E-state index contributed by atoms with van der Waals surface area (Å²) < 4.78 is 4.93. The average Bonchev–Trinajstić information content (AvgIpc) is 2.54. The van der Waals surface area contributed by atoms with E-state index in [-0.39, 0.29) is 12.0 Å². The van der Waals surface area contributed by atoms with Crippen molar-refractivity contribution in [1.82, 2.24) is 0 Å². The lowest BCUT2D eigenvalue weighted by molar-refractivity contribution is -0.143. The van der Waals surface area contributed by atoms with E-state index >= 15 is 0 Å². The van der Waals surface area contributed by atoms with E-state index in [1.54, 1.807) is 0 Å². The Balaban J connectivity index is 1.87. The smallest absolute Gasteiger partial charge is 0.305 e. The van der Waals surface area contributed by atoms with E-state index < -0.39 is 0 Å². The molecule has 0 heterocycles. The van der Waals surface area contributed by atoms with Crippen LogP contribution in [0, 0.1) is 0 Å². The molecule has 0 aliphatic heterocycles. The number of carbonyl (C=O) groups excluding carboxylic acids is 1. The van der Waals surface area contributed by atoms with Crippen LogP contribution in [-0.4, -0.2) is 12.6 Å². The summed E-state index contributed by atoms with van der Waals surface area (Å²) in [5, 5.41) is 0. The molecule has 1 aromatic rings. The van der Waals surface area contributed by atoms with Crippen molar-refractivity contribution in [2.24, 2.45) is 5.73 Å². The predicted molar refractivity (Wildman–Crippen MR) is 85.1 cm³/mol. The van der Waals surface area contributed by atoms with Gasteiger partial charge in [-0.25, -0.2) is 0 Å². The summed E-state index contributed by atoms with van der Waals surface area (Å²) in [5.41, 5.74) is 8.71. The minimum Gasteiger partial charge on any atom is -0.466 e. The largest absolute Gasteiger partial charge is 0.466 e. The Kier molecular flexibility index (Phi) is 6.24. The normalized spacial score (nSPS) is 17.4. The zero-order valence-electron chi connectivity index (χ0n) is 13.0. The van der Waals surface area contributed by atoms with Gasteiger partial charge in [-0.1, -0.05) is 43.5 Å². The van der Waals surface area contributed by atoms with Gasteiger partial charge in [-0.3, -0.25) is 4.79 Å². The maximum absolute atomic E-state index is 11.4. The second-order valence-corrected chi connectivity index (χ2v) is 5.95. The Labute approximate surface area is 127 Å². The molecule has 2 rings (SSSR count). The first kappa shape index (κ1) is 16.0. The maximum atomic E-state index is 11.4. The number of esters is 1. The average molecular weight is 289 g/mol.